The molecule has 1 atom stereocenters. The molecule has 0 amide bonds. The number of rotatable bonds is 5. The molecule has 1 aromatic carbocycles. The van der Waals surface area contributed by atoms with Crippen LogP contribution in [0.4, 0.5) is 0 Å². The minimum atomic E-state index is -2.89. The van der Waals surface area contributed by atoms with Crippen LogP contribution in [0, 0.1) is 10.8 Å². The largest absolute Gasteiger partial charge is 0.414 e. The maximum absolute atomic E-state index is 11.6. The molecule has 1 aromatic heterocycles. The van der Waals surface area contributed by atoms with Crippen molar-refractivity contribution in [2.45, 2.75) is 25.9 Å². The maximum Gasteiger partial charge on any atom is 0.288 e. The highest BCUT2D eigenvalue weighted by Gasteiger charge is 2.29. The lowest BCUT2D eigenvalue weighted by Gasteiger charge is -2.25. The van der Waals surface area contributed by atoms with Crippen LogP contribution in [0.2, 0.25) is 0 Å². The molecule has 2 aliphatic rings. The number of aromatic nitrogens is 2. The number of sulfone groups is 1. The third-order valence-corrected chi connectivity index (χ3v) is 7.34. The van der Waals surface area contributed by atoms with E-state index >= 15 is 0 Å². The van der Waals surface area contributed by atoms with E-state index in [2.05, 4.69) is 40.3 Å². The molecule has 0 N–H and O–H groups in total. The molecule has 1 saturated heterocycles. The standard InChI is InChI=1S/C19H23N3O3S2/c23-27(24)11-8-15(13-27)12-18-20-22(19(26)25-18)14-21-9-6-17(7-10-21)16-4-2-1-3-5-16/h1-6,15H,7-14H2/t15-/m0/s1. The molecule has 6 nitrogen and oxygen atoms in total. The van der Waals surface area contributed by atoms with Gasteiger partial charge in [0.15, 0.2) is 9.84 Å². The molecule has 0 radical (unpaired) electrons. The summed E-state index contributed by atoms with van der Waals surface area (Å²) in [6.45, 7) is 2.37. The van der Waals surface area contributed by atoms with Crippen molar-refractivity contribution in [1.82, 2.24) is 14.7 Å². The number of hydrogen-bond acceptors (Lipinski definition) is 6. The van der Waals surface area contributed by atoms with Gasteiger partial charge in [-0.25, -0.2) is 13.1 Å². The zero-order chi connectivity index (χ0) is 18.9. The van der Waals surface area contributed by atoms with Gasteiger partial charge >= 0.3 is 0 Å². The summed E-state index contributed by atoms with van der Waals surface area (Å²) in [6, 6.07) is 10.4. The van der Waals surface area contributed by atoms with E-state index in [0.29, 0.717) is 30.2 Å². The predicted molar refractivity (Wildman–Crippen MR) is 106 cm³/mol. The Bertz CT molecular complexity index is 993. The topological polar surface area (TPSA) is 68.3 Å². The Morgan fingerprint density at radius 3 is 2.74 bits per heavy atom. The first-order chi connectivity index (χ1) is 13.0. The zero-order valence-electron chi connectivity index (χ0n) is 15.1. The Balaban J connectivity index is 1.37. The third-order valence-electron chi connectivity index (χ3n) is 5.21. The monoisotopic (exact) mass is 405 g/mol. The van der Waals surface area contributed by atoms with Crippen LogP contribution in [0.3, 0.4) is 0 Å². The second kappa shape index (κ2) is 7.69. The van der Waals surface area contributed by atoms with Gasteiger partial charge in [0.2, 0.25) is 5.89 Å². The predicted octanol–water partition coefficient (Wildman–Crippen LogP) is 2.93. The summed E-state index contributed by atoms with van der Waals surface area (Å²) < 4.78 is 30.5. The van der Waals surface area contributed by atoms with E-state index in [1.165, 1.54) is 11.1 Å². The fourth-order valence-electron chi connectivity index (χ4n) is 3.74. The Morgan fingerprint density at radius 2 is 2.07 bits per heavy atom. The number of nitrogens with zero attached hydrogens (tertiary/aromatic N) is 3. The fourth-order valence-corrected chi connectivity index (χ4v) is 5.80. The summed E-state index contributed by atoms with van der Waals surface area (Å²) in [5.74, 6) is 1.12. The van der Waals surface area contributed by atoms with Gasteiger partial charge in [0.05, 0.1) is 18.2 Å². The van der Waals surface area contributed by atoms with Crippen molar-refractivity contribution in [3.05, 3.63) is 52.7 Å². The lowest BCUT2D eigenvalue weighted by Crippen LogP contribution is -2.31. The van der Waals surface area contributed by atoms with E-state index in [1.54, 1.807) is 4.68 Å². The van der Waals surface area contributed by atoms with Gasteiger partial charge in [0.1, 0.15) is 0 Å². The van der Waals surface area contributed by atoms with Gasteiger partial charge in [0, 0.05) is 19.5 Å². The maximum atomic E-state index is 11.6. The summed E-state index contributed by atoms with van der Waals surface area (Å²) in [5.41, 5.74) is 2.66. The molecule has 1 fully saturated rings. The van der Waals surface area contributed by atoms with Crippen LogP contribution >= 0.6 is 12.2 Å². The van der Waals surface area contributed by atoms with E-state index in [1.807, 2.05) is 6.07 Å². The number of hydrogen-bond donors (Lipinski definition) is 0. The SMILES string of the molecule is O=S1(=O)CC[C@@H](Cc2nn(CN3CC=C(c4ccccc4)CC3)c(=S)o2)C1. The van der Waals surface area contributed by atoms with Crippen molar-refractivity contribution in [3.8, 4) is 0 Å². The summed E-state index contributed by atoms with van der Waals surface area (Å²) in [4.78, 5) is 2.62. The molecule has 144 valence electrons. The first kappa shape index (κ1) is 18.6. The molecular formula is C19H23N3O3S2. The van der Waals surface area contributed by atoms with Gasteiger partial charge in [0.25, 0.3) is 4.84 Å². The summed E-state index contributed by atoms with van der Waals surface area (Å²) in [5, 5.41) is 4.48. The highest BCUT2D eigenvalue weighted by molar-refractivity contribution is 7.91. The Hall–Kier alpha value is -1.77. The van der Waals surface area contributed by atoms with Crippen LogP contribution in [-0.2, 0) is 22.9 Å². The van der Waals surface area contributed by atoms with Crippen LogP contribution in [0.1, 0.15) is 24.3 Å². The Labute approximate surface area is 164 Å². The molecule has 2 aromatic rings. The van der Waals surface area contributed by atoms with E-state index in [9.17, 15) is 8.42 Å². The second-order valence-corrected chi connectivity index (χ2v) is 9.88. The summed E-state index contributed by atoms with van der Waals surface area (Å²) in [6.07, 6.45) is 4.46. The minimum absolute atomic E-state index is 0.0860. The van der Waals surface area contributed by atoms with Crippen LogP contribution in [0.15, 0.2) is 40.8 Å². The molecule has 2 aliphatic heterocycles. The van der Waals surface area contributed by atoms with Crippen molar-refractivity contribution < 1.29 is 12.8 Å². The van der Waals surface area contributed by atoms with Crippen LogP contribution in [0.5, 0.6) is 0 Å². The lowest BCUT2D eigenvalue weighted by atomic mass is 10.00. The van der Waals surface area contributed by atoms with Crippen molar-refractivity contribution in [2.24, 2.45) is 5.92 Å². The van der Waals surface area contributed by atoms with Gasteiger partial charge in [-0.2, -0.15) is 0 Å². The Kier molecular flexibility index (Phi) is 5.29. The van der Waals surface area contributed by atoms with E-state index in [0.717, 1.165) is 19.5 Å². The molecule has 4 rings (SSSR count). The summed E-state index contributed by atoms with van der Waals surface area (Å²) >= 11 is 5.30. The first-order valence-corrected chi connectivity index (χ1v) is 11.5. The lowest BCUT2D eigenvalue weighted by molar-refractivity contribution is 0.223. The molecule has 0 unspecified atom stereocenters. The average molecular weight is 406 g/mol. The van der Waals surface area contributed by atoms with Crippen molar-refractivity contribution in [2.75, 3.05) is 24.6 Å². The quantitative estimate of drug-likeness (QED) is 0.713. The molecule has 0 aliphatic carbocycles. The zero-order valence-corrected chi connectivity index (χ0v) is 16.7. The van der Waals surface area contributed by atoms with Gasteiger partial charge in [-0.05, 0) is 42.1 Å². The molecule has 3 heterocycles. The van der Waals surface area contributed by atoms with Crippen LogP contribution in [-0.4, -0.2) is 47.7 Å². The van der Waals surface area contributed by atoms with E-state index < -0.39 is 9.84 Å². The third kappa shape index (κ3) is 4.56. The Morgan fingerprint density at radius 1 is 1.26 bits per heavy atom. The highest BCUT2D eigenvalue weighted by atomic mass is 32.2. The summed E-state index contributed by atoms with van der Waals surface area (Å²) in [7, 11) is -2.89. The smallest absolute Gasteiger partial charge is 0.288 e. The number of benzene rings is 1. The molecular weight excluding hydrogens is 382 g/mol. The second-order valence-electron chi connectivity index (χ2n) is 7.30. The molecule has 0 spiro atoms. The van der Waals surface area contributed by atoms with Crippen molar-refractivity contribution >= 4 is 27.6 Å². The van der Waals surface area contributed by atoms with Gasteiger partial charge < -0.3 is 4.42 Å². The van der Waals surface area contributed by atoms with Crippen LogP contribution < -0.4 is 0 Å². The van der Waals surface area contributed by atoms with E-state index in [-0.39, 0.29) is 17.4 Å². The van der Waals surface area contributed by atoms with Gasteiger partial charge in [-0.3, -0.25) is 4.90 Å². The minimum Gasteiger partial charge on any atom is -0.414 e. The normalized spacial score (nSPS) is 22.7. The van der Waals surface area contributed by atoms with Crippen molar-refractivity contribution in [1.29, 1.82) is 0 Å². The van der Waals surface area contributed by atoms with Crippen LogP contribution in [0.25, 0.3) is 5.57 Å². The van der Waals surface area contributed by atoms with Crippen molar-refractivity contribution in [3.63, 3.8) is 0 Å². The van der Waals surface area contributed by atoms with E-state index in [4.69, 9.17) is 16.6 Å². The molecule has 0 bridgehead atoms. The molecule has 8 heteroatoms. The van der Waals surface area contributed by atoms with Gasteiger partial charge in [-0.15, -0.1) is 5.10 Å². The van der Waals surface area contributed by atoms with Gasteiger partial charge in [-0.1, -0.05) is 36.4 Å². The molecule has 0 saturated carbocycles. The fraction of sp³-hybridized carbons (Fsp3) is 0.474. The molecule has 27 heavy (non-hydrogen) atoms. The first-order valence-electron chi connectivity index (χ1n) is 9.22. The highest BCUT2D eigenvalue weighted by Crippen LogP contribution is 2.23. The average Bonchev–Trinajstić information content (AvgIpc) is 3.18.